The molecule has 1 rings (SSSR count). The maximum Gasteiger partial charge on any atom is 0.323 e. The molecule has 1 heterocycles. The molecular formula is C34H64N2O6. The van der Waals surface area contributed by atoms with E-state index >= 15 is 0 Å². The lowest BCUT2D eigenvalue weighted by Gasteiger charge is -2.22. The van der Waals surface area contributed by atoms with Crippen molar-refractivity contribution in [3.05, 3.63) is 0 Å². The fraction of sp³-hybridized carbons (Fsp3) is 0.912. The van der Waals surface area contributed by atoms with Gasteiger partial charge >= 0.3 is 11.9 Å². The van der Waals surface area contributed by atoms with E-state index in [1.165, 1.54) is 44.9 Å². The van der Waals surface area contributed by atoms with Crippen LogP contribution in [0.3, 0.4) is 0 Å². The van der Waals surface area contributed by atoms with Crippen molar-refractivity contribution < 1.29 is 29.0 Å². The summed E-state index contributed by atoms with van der Waals surface area (Å²) in [6, 6.07) is -0.0279. The van der Waals surface area contributed by atoms with E-state index in [1.54, 1.807) is 6.92 Å². The molecule has 0 spiro atoms. The number of ketones is 1. The second kappa shape index (κ2) is 27.1. The van der Waals surface area contributed by atoms with Crippen molar-refractivity contribution in [2.24, 2.45) is 0 Å². The molecule has 0 bridgehead atoms. The Labute approximate surface area is 257 Å². The largest absolute Gasteiger partial charge is 0.466 e. The number of likely N-dealkylation sites (tertiary alicyclic amines) is 1. The van der Waals surface area contributed by atoms with Crippen LogP contribution in [0.15, 0.2) is 0 Å². The molecule has 0 radical (unpaired) electrons. The highest BCUT2D eigenvalue weighted by Crippen LogP contribution is 2.21. The Morgan fingerprint density at radius 2 is 1.31 bits per heavy atom. The Bertz CT molecular complexity index is 689. The fourth-order valence-electron chi connectivity index (χ4n) is 5.64. The number of ether oxygens (including phenoxy) is 2. The van der Waals surface area contributed by atoms with E-state index in [-0.39, 0.29) is 36.4 Å². The number of Topliss-reactive ketones (excluding diaryl/α,β-unsaturated/α-hetero) is 1. The van der Waals surface area contributed by atoms with Crippen LogP contribution in [0, 0.1) is 0 Å². The van der Waals surface area contributed by atoms with Gasteiger partial charge in [-0.15, -0.1) is 0 Å². The minimum Gasteiger partial charge on any atom is -0.466 e. The fourth-order valence-corrected chi connectivity index (χ4v) is 5.64. The number of aliphatic hydroxyl groups is 1. The molecule has 8 nitrogen and oxygen atoms in total. The van der Waals surface area contributed by atoms with E-state index in [0.29, 0.717) is 32.5 Å². The lowest BCUT2D eigenvalue weighted by Crippen LogP contribution is -2.38. The molecule has 246 valence electrons. The number of rotatable bonds is 29. The molecule has 0 aliphatic carbocycles. The minimum absolute atomic E-state index is 0.0933. The number of carbonyl (C=O) groups is 3. The van der Waals surface area contributed by atoms with Crippen LogP contribution in [0.1, 0.15) is 149 Å². The monoisotopic (exact) mass is 596 g/mol. The molecule has 2 atom stereocenters. The molecule has 8 heteroatoms. The normalized spacial score (nSPS) is 17.0. The molecular weight excluding hydrogens is 532 g/mol. The predicted octanol–water partition coefficient (Wildman–Crippen LogP) is 6.51. The third kappa shape index (κ3) is 21.2. The molecule has 1 aliphatic rings. The van der Waals surface area contributed by atoms with Crippen molar-refractivity contribution in [1.29, 1.82) is 0 Å². The van der Waals surface area contributed by atoms with Crippen LogP contribution in [0.25, 0.3) is 0 Å². The summed E-state index contributed by atoms with van der Waals surface area (Å²) in [5.41, 5.74) is 0. The molecule has 0 aromatic carbocycles. The predicted molar refractivity (Wildman–Crippen MR) is 169 cm³/mol. The highest BCUT2D eigenvalue weighted by atomic mass is 16.5. The quantitative estimate of drug-likeness (QED) is 0.0744. The molecule has 0 aromatic rings. The van der Waals surface area contributed by atoms with Crippen molar-refractivity contribution in [2.75, 3.05) is 39.5 Å². The summed E-state index contributed by atoms with van der Waals surface area (Å²) in [5.74, 6) is 0.0126. The zero-order valence-corrected chi connectivity index (χ0v) is 27.2. The van der Waals surface area contributed by atoms with Gasteiger partial charge in [-0.2, -0.15) is 0 Å². The van der Waals surface area contributed by atoms with Gasteiger partial charge in [-0.25, -0.2) is 0 Å². The Morgan fingerprint density at radius 1 is 0.738 bits per heavy atom. The van der Waals surface area contributed by atoms with Gasteiger partial charge in [0.25, 0.3) is 0 Å². The van der Waals surface area contributed by atoms with Gasteiger partial charge in [0.15, 0.2) is 0 Å². The van der Waals surface area contributed by atoms with Gasteiger partial charge in [0, 0.05) is 32.0 Å². The van der Waals surface area contributed by atoms with E-state index in [9.17, 15) is 14.4 Å². The first-order chi connectivity index (χ1) is 20.5. The van der Waals surface area contributed by atoms with E-state index in [1.807, 2.05) is 0 Å². The van der Waals surface area contributed by atoms with Gasteiger partial charge in [0.2, 0.25) is 0 Å². The van der Waals surface area contributed by atoms with Gasteiger partial charge in [-0.1, -0.05) is 84.0 Å². The van der Waals surface area contributed by atoms with Crippen molar-refractivity contribution in [2.45, 2.75) is 161 Å². The van der Waals surface area contributed by atoms with Crippen molar-refractivity contribution in [3.8, 4) is 0 Å². The van der Waals surface area contributed by atoms with E-state index in [2.05, 4.69) is 17.1 Å². The second-order valence-electron chi connectivity index (χ2n) is 12.2. The van der Waals surface area contributed by atoms with Gasteiger partial charge in [0.1, 0.15) is 11.8 Å². The number of unbranched alkanes of at least 4 members (excludes halogenated alkanes) is 14. The topological polar surface area (TPSA) is 105 Å². The first kappa shape index (κ1) is 38.5. The average Bonchev–Trinajstić information content (AvgIpc) is 3.38. The number of nitrogens with zero attached hydrogens (tertiary/aromatic N) is 1. The molecule has 2 N–H and O–H groups in total. The maximum absolute atomic E-state index is 12.9. The first-order valence-electron chi connectivity index (χ1n) is 17.4. The zero-order valence-electron chi connectivity index (χ0n) is 27.2. The Hall–Kier alpha value is -1.51. The Morgan fingerprint density at radius 3 is 1.95 bits per heavy atom. The number of esters is 2. The minimum atomic E-state index is -0.242. The summed E-state index contributed by atoms with van der Waals surface area (Å²) in [4.78, 5) is 38.3. The Balaban J connectivity index is 2.20. The van der Waals surface area contributed by atoms with Crippen molar-refractivity contribution in [1.82, 2.24) is 10.2 Å². The SMILES string of the molecule is CCCCCCCCCCCOC(=O)CCCCCN1CC(NCCCO)CC1C(=O)OCCCCCCCC(C)=O. The zero-order chi connectivity index (χ0) is 30.7. The Kier molecular flexibility index (Phi) is 24.8. The van der Waals surface area contributed by atoms with Crippen LogP contribution in [0.2, 0.25) is 0 Å². The summed E-state index contributed by atoms with van der Waals surface area (Å²) in [5, 5.41) is 12.6. The summed E-state index contributed by atoms with van der Waals surface area (Å²) < 4.78 is 11.1. The van der Waals surface area contributed by atoms with Gasteiger partial charge in [-0.3, -0.25) is 14.5 Å². The maximum atomic E-state index is 12.9. The van der Waals surface area contributed by atoms with E-state index in [0.717, 1.165) is 90.3 Å². The number of aliphatic hydroxyl groups excluding tert-OH is 1. The lowest BCUT2D eigenvalue weighted by atomic mass is 10.1. The number of nitrogens with one attached hydrogen (secondary N) is 1. The second-order valence-corrected chi connectivity index (χ2v) is 12.2. The third-order valence-corrected chi connectivity index (χ3v) is 8.20. The smallest absolute Gasteiger partial charge is 0.323 e. The van der Waals surface area contributed by atoms with Crippen molar-refractivity contribution in [3.63, 3.8) is 0 Å². The lowest BCUT2D eigenvalue weighted by molar-refractivity contribution is -0.149. The molecule has 1 saturated heterocycles. The molecule has 0 aromatic heterocycles. The van der Waals surface area contributed by atoms with Crippen molar-refractivity contribution >= 4 is 17.7 Å². The third-order valence-electron chi connectivity index (χ3n) is 8.20. The average molecular weight is 597 g/mol. The van der Waals surface area contributed by atoms with E-state index < -0.39 is 0 Å². The summed E-state index contributed by atoms with van der Waals surface area (Å²) in [6.07, 6.45) is 21.4. The molecule has 1 aliphatic heterocycles. The molecule has 1 fully saturated rings. The van der Waals surface area contributed by atoms with Gasteiger partial charge < -0.3 is 24.7 Å². The number of hydrogen-bond donors (Lipinski definition) is 2. The molecule has 0 amide bonds. The molecule has 0 saturated carbocycles. The highest BCUT2D eigenvalue weighted by Gasteiger charge is 2.37. The summed E-state index contributed by atoms with van der Waals surface area (Å²) in [6.45, 7) is 7.36. The van der Waals surface area contributed by atoms with Gasteiger partial charge in [-0.05, 0) is 65.0 Å². The van der Waals surface area contributed by atoms with E-state index in [4.69, 9.17) is 14.6 Å². The van der Waals surface area contributed by atoms with Crippen LogP contribution >= 0.6 is 0 Å². The van der Waals surface area contributed by atoms with Crippen LogP contribution in [0.4, 0.5) is 0 Å². The first-order valence-corrected chi connectivity index (χ1v) is 17.4. The van der Waals surface area contributed by atoms with Crippen LogP contribution in [0.5, 0.6) is 0 Å². The van der Waals surface area contributed by atoms with Gasteiger partial charge in [0.05, 0.1) is 13.2 Å². The molecule has 2 unspecified atom stereocenters. The van der Waals surface area contributed by atoms with Crippen LogP contribution in [-0.2, 0) is 23.9 Å². The van der Waals surface area contributed by atoms with Crippen LogP contribution in [-0.4, -0.2) is 79.3 Å². The summed E-state index contributed by atoms with van der Waals surface area (Å²) in [7, 11) is 0. The standard InChI is InChI=1S/C34H64N2O6/c1-3-4-5-6-7-8-9-12-18-26-41-33(39)22-16-14-17-24-36-29-31(35-23-20-25-37)28-32(36)34(40)42-27-19-13-10-11-15-21-30(2)38/h31-32,35,37H,3-29H2,1-2H3. The number of carbonyl (C=O) groups excluding carboxylic acids is 3. The van der Waals surface area contributed by atoms with Crippen LogP contribution < -0.4 is 5.32 Å². The number of hydrogen-bond acceptors (Lipinski definition) is 8. The summed E-state index contributed by atoms with van der Waals surface area (Å²) >= 11 is 0. The molecule has 42 heavy (non-hydrogen) atoms. The highest BCUT2D eigenvalue weighted by molar-refractivity contribution is 5.76.